The number of nitro groups is 1. The van der Waals surface area contributed by atoms with Crippen molar-refractivity contribution in [1.82, 2.24) is 9.88 Å². The Bertz CT molecular complexity index is 399. The van der Waals surface area contributed by atoms with E-state index in [1.807, 2.05) is 0 Å². The highest BCUT2D eigenvalue weighted by molar-refractivity contribution is 5.43. The second kappa shape index (κ2) is 5.77. The molecule has 0 aliphatic carbocycles. The lowest BCUT2D eigenvalue weighted by Crippen LogP contribution is -2.32. The number of nitrogens with zero attached hydrogens (tertiary/aromatic N) is 3. The van der Waals surface area contributed by atoms with Gasteiger partial charge in [-0.2, -0.15) is 0 Å². The van der Waals surface area contributed by atoms with Crippen LogP contribution in [0.2, 0.25) is 0 Å². The van der Waals surface area contributed by atoms with E-state index in [-0.39, 0.29) is 5.82 Å². The van der Waals surface area contributed by atoms with Gasteiger partial charge < -0.3 is 20.3 Å². The molecule has 6 nitrogen and oxygen atoms in total. The third-order valence-corrected chi connectivity index (χ3v) is 3.37. The highest BCUT2D eigenvalue weighted by atomic mass is 16.6. The summed E-state index contributed by atoms with van der Waals surface area (Å²) in [5, 5.41) is 13.8. The van der Waals surface area contributed by atoms with Crippen molar-refractivity contribution >= 4 is 11.5 Å². The zero-order chi connectivity index (χ0) is 13.0. The molecule has 1 fully saturated rings. The zero-order valence-electron chi connectivity index (χ0n) is 10.5. The van der Waals surface area contributed by atoms with Gasteiger partial charge in [0.15, 0.2) is 6.20 Å². The van der Waals surface area contributed by atoms with E-state index >= 15 is 0 Å². The summed E-state index contributed by atoms with van der Waals surface area (Å²) in [6.07, 6.45) is 3.92. The molecule has 0 unspecified atom stereocenters. The minimum absolute atomic E-state index is 0.111. The molecule has 2 heterocycles. The summed E-state index contributed by atoms with van der Waals surface area (Å²) in [6, 6.07) is 3.14. The molecule has 0 radical (unpaired) electrons. The van der Waals surface area contributed by atoms with Crippen LogP contribution in [0.5, 0.6) is 0 Å². The maximum absolute atomic E-state index is 10.5. The number of hydrogen-bond acceptors (Lipinski definition) is 5. The molecule has 0 aromatic carbocycles. The monoisotopic (exact) mass is 250 g/mol. The summed E-state index contributed by atoms with van der Waals surface area (Å²) >= 11 is 0. The number of hydrogen-bond donors (Lipinski definition) is 1. The maximum Gasteiger partial charge on any atom is 0.363 e. The van der Waals surface area contributed by atoms with Crippen molar-refractivity contribution < 1.29 is 4.92 Å². The molecule has 18 heavy (non-hydrogen) atoms. The molecule has 0 bridgehead atoms. The minimum Gasteiger partial charge on any atom is -0.382 e. The molecule has 1 saturated heterocycles. The lowest BCUT2D eigenvalue weighted by molar-refractivity contribution is -0.389. The Labute approximate surface area is 106 Å². The fourth-order valence-corrected chi connectivity index (χ4v) is 2.13. The van der Waals surface area contributed by atoms with Crippen molar-refractivity contribution in [3.8, 4) is 0 Å². The number of rotatable bonds is 4. The largest absolute Gasteiger partial charge is 0.382 e. The van der Waals surface area contributed by atoms with Crippen molar-refractivity contribution in [3.05, 3.63) is 28.4 Å². The van der Waals surface area contributed by atoms with Crippen molar-refractivity contribution in [3.63, 3.8) is 0 Å². The Hall–Kier alpha value is -1.69. The summed E-state index contributed by atoms with van der Waals surface area (Å²) in [6.45, 7) is 3.20. The molecule has 1 aliphatic heterocycles. The van der Waals surface area contributed by atoms with E-state index in [1.54, 1.807) is 6.07 Å². The molecule has 1 aromatic heterocycles. The van der Waals surface area contributed by atoms with Gasteiger partial charge in [0.1, 0.15) is 0 Å². The van der Waals surface area contributed by atoms with Crippen LogP contribution in [0.1, 0.15) is 12.8 Å². The van der Waals surface area contributed by atoms with Gasteiger partial charge in [-0.1, -0.05) is 0 Å². The Kier molecular flexibility index (Phi) is 4.09. The van der Waals surface area contributed by atoms with Crippen LogP contribution in [0.4, 0.5) is 11.5 Å². The quantitative estimate of drug-likeness (QED) is 0.651. The number of piperidine rings is 1. The Morgan fingerprint density at radius 3 is 2.78 bits per heavy atom. The lowest BCUT2D eigenvalue weighted by atomic mass is 9.97. The number of likely N-dealkylation sites (tertiary alicyclic amines) is 1. The second-order valence-electron chi connectivity index (χ2n) is 4.79. The Balaban J connectivity index is 1.81. The summed E-state index contributed by atoms with van der Waals surface area (Å²) in [5.74, 6) is 0.566. The molecule has 1 aromatic rings. The van der Waals surface area contributed by atoms with Gasteiger partial charge in [-0.3, -0.25) is 0 Å². The smallest absolute Gasteiger partial charge is 0.363 e. The van der Waals surface area contributed by atoms with Crippen LogP contribution in [0.25, 0.3) is 0 Å². The number of nitrogens with one attached hydrogen (secondary N) is 1. The molecular formula is C12H18N4O2. The van der Waals surface area contributed by atoms with Gasteiger partial charge in [0.25, 0.3) is 0 Å². The molecule has 0 spiro atoms. The van der Waals surface area contributed by atoms with Gasteiger partial charge in [0.2, 0.25) is 0 Å². The maximum atomic E-state index is 10.5. The van der Waals surface area contributed by atoms with Crippen LogP contribution in [0.3, 0.4) is 0 Å². The first-order valence-electron chi connectivity index (χ1n) is 6.18. The van der Waals surface area contributed by atoms with Crippen LogP contribution in [-0.2, 0) is 0 Å². The predicted molar refractivity (Wildman–Crippen MR) is 69.6 cm³/mol. The van der Waals surface area contributed by atoms with Crippen LogP contribution < -0.4 is 5.32 Å². The Morgan fingerprint density at radius 1 is 1.50 bits per heavy atom. The third-order valence-electron chi connectivity index (χ3n) is 3.37. The van der Waals surface area contributed by atoms with Gasteiger partial charge in [0, 0.05) is 12.6 Å². The highest BCUT2D eigenvalue weighted by Gasteiger charge is 2.16. The van der Waals surface area contributed by atoms with Gasteiger partial charge in [-0.25, -0.2) is 0 Å². The van der Waals surface area contributed by atoms with E-state index in [4.69, 9.17) is 0 Å². The van der Waals surface area contributed by atoms with E-state index in [0.29, 0.717) is 5.92 Å². The summed E-state index contributed by atoms with van der Waals surface area (Å²) < 4.78 is 0. The first-order chi connectivity index (χ1) is 8.65. The van der Waals surface area contributed by atoms with Crippen molar-refractivity contribution in [1.29, 1.82) is 0 Å². The molecule has 0 saturated carbocycles. The van der Waals surface area contributed by atoms with Gasteiger partial charge in [-0.05, 0) is 54.9 Å². The third kappa shape index (κ3) is 3.40. The average molecular weight is 250 g/mol. The summed E-state index contributed by atoms with van der Waals surface area (Å²) in [7, 11) is 2.14. The fraction of sp³-hybridized carbons (Fsp3) is 0.583. The van der Waals surface area contributed by atoms with E-state index in [1.165, 1.54) is 25.1 Å². The predicted octanol–water partition coefficient (Wildman–Crippen LogP) is 1.74. The lowest BCUT2D eigenvalue weighted by Gasteiger charge is -2.29. The standard InChI is InChI=1S/C12H18N4O2/c1-15-6-4-10(5-7-15)8-13-11-2-3-12(14-9-11)16(17)18/h2-3,9-10,13H,4-8H2,1H3. The molecule has 1 aliphatic rings. The molecule has 98 valence electrons. The highest BCUT2D eigenvalue weighted by Crippen LogP contribution is 2.17. The van der Waals surface area contributed by atoms with E-state index in [2.05, 4.69) is 22.2 Å². The van der Waals surface area contributed by atoms with E-state index in [0.717, 1.165) is 25.3 Å². The summed E-state index contributed by atoms with van der Waals surface area (Å²) in [5.41, 5.74) is 0.847. The minimum atomic E-state index is -0.485. The van der Waals surface area contributed by atoms with Crippen molar-refractivity contribution in [2.24, 2.45) is 5.92 Å². The van der Waals surface area contributed by atoms with Crippen molar-refractivity contribution in [2.75, 3.05) is 32.0 Å². The molecule has 6 heteroatoms. The topological polar surface area (TPSA) is 71.3 Å². The Morgan fingerprint density at radius 2 is 2.22 bits per heavy atom. The molecule has 2 rings (SSSR count). The number of pyridine rings is 1. The molecular weight excluding hydrogens is 232 g/mol. The SMILES string of the molecule is CN1CCC(CNc2ccc([N+](=O)[O-])nc2)CC1. The number of anilines is 1. The zero-order valence-corrected chi connectivity index (χ0v) is 10.5. The van der Waals surface area contributed by atoms with Crippen LogP contribution in [0, 0.1) is 16.0 Å². The molecule has 0 atom stereocenters. The normalized spacial score (nSPS) is 17.6. The second-order valence-corrected chi connectivity index (χ2v) is 4.79. The molecule has 1 N–H and O–H groups in total. The van der Waals surface area contributed by atoms with Crippen LogP contribution in [-0.4, -0.2) is 41.5 Å². The van der Waals surface area contributed by atoms with E-state index < -0.39 is 4.92 Å². The van der Waals surface area contributed by atoms with Crippen LogP contribution >= 0.6 is 0 Å². The first-order valence-corrected chi connectivity index (χ1v) is 6.18. The van der Waals surface area contributed by atoms with Gasteiger partial charge in [-0.15, -0.1) is 0 Å². The van der Waals surface area contributed by atoms with Gasteiger partial charge >= 0.3 is 5.82 Å². The van der Waals surface area contributed by atoms with Gasteiger partial charge in [0.05, 0.1) is 5.69 Å². The molecule has 0 amide bonds. The average Bonchev–Trinajstić information content (AvgIpc) is 2.38. The van der Waals surface area contributed by atoms with E-state index in [9.17, 15) is 10.1 Å². The fourth-order valence-electron chi connectivity index (χ4n) is 2.13. The first kappa shape index (κ1) is 12.8. The van der Waals surface area contributed by atoms with Crippen molar-refractivity contribution in [2.45, 2.75) is 12.8 Å². The number of aromatic nitrogens is 1. The van der Waals surface area contributed by atoms with Crippen LogP contribution in [0.15, 0.2) is 18.3 Å². The summed E-state index contributed by atoms with van der Waals surface area (Å²) in [4.78, 5) is 16.1.